The molecule has 1 saturated heterocycles. The number of carbonyl (C=O) groups is 2. The molecule has 0 aromatic heterocycles. The first-order chi connectivity index (χ1) is 19.6. The maximum Gasteiger partial charge on any atom is 0.426 e. The number of fused-ring (bicyclic) bond motifs is 3. The molecule has 2 aromatic carbocycles. The molecule has 0 spiro atoms. The molecule has 4 nitrogen and oxygen atoms in total. The van der Waals surface area contributed by atoms with Gasteiger partial charge in [-0.25, -0.2) is 8.78 Å². The number of carboxylic acid groups (broad SMARTS) is 1. The third-order valence-corrected chi connectivity index (χ3v) is 10.2. The van der Waals surface area contributed by atoms with E-state index in [1.165, 1.54) is 12.1 Å². The first kappa shape index (κ1) is 30.5. The van der Waals surface area contributed by atoms with Crippen LogP contribution in [-0.4, -0.2) is 46.3 Å². The smallest absolute Gasteiger partial charge is 0.426 e. The summed E-state index contributed by atoms with van der Waals surface area (Å²) in [6.45, 7) is 5.00. The topological polar surface area (TPSA) is 57.6 Å². The zero-order chi connectivity index (χ0) is 30.7. The molecule has 0 radical (unpaired) electrons. The fourth-order valence-electron chi connectivity index (χ4n) is 7.44. The highest BCUT2D eigenvalue weighted by Crippen LogP contribution is 2.52. The minimum Gasteiger partial charge on any atom is -0.481 e. The monoisotopic (exact) mass is 591 g/mol. The highest BCUT2D eigenvalue weighted by Gasteiger charge is 2.57. The Labute approximate surface area is 243 Å². The Morgan fingerprint density at radius 3 is 2.21 bits per heavy atom. The number of nitrogens with zero attached hydrogens (tertiary/aromatic N) is 1. The van der Waals surface area contributed by atoms with E-state index in [4.69, 9.17) is 0 Å². The second-order valence-electron chi connectivity index (χ2n) is 13.0. The Bertz CT molecular complexity index is 1340. The van der Waals surface area contributed by atoms with Crippen molar-refractivity contribution in [3.63, 3.8) is 0 Å². The van der Waals surface area contributed by atoms with Gasteiger partial charge in [0.2, 0.25) is 5.67 Å². The van der Waals surface area contributed by atoms with Crippen molar-refractivity contribution in [2.75, 3.05) is 6.54 Å². The lowest BCUT2D eigenvalue weighted by atomic mass is 9.63. The number of alkyl halides is 5. The highest BCUT2D eigenvalue weighted by molar-refractivity contribution is 5.86. The van der Waals surface area contributed by atoms with Gasteiger partial charge in [-0.1, -0.05) is 56.3 Å². The third kappa shape index (κ3) is 5.11. The van der Waals surface area contributed by atoms with Crippen LogP contribution in [0.15, 0.2) is 42.5 Å². The van der Waals surface area contributed by atoms with Gasteiger partial charge in [0.05, 0.1) is 5.92 Å². The minimum absolute atomic E-state index is 0.0935. The molecular weight excluding hydrogens is 553 g/mol. The molecular formula is C33H38F5NO3. The van der Waals surface area contributed by atoms with Crippen molar-refractivity contribution >= 4 is 11.9 Å². The first-order valence-electron chi connectivity index (χ1n) is 14.8. The quantitative estimate of drug-likeness (QED) is 0.353. The number of aryl methyl sites for hydroxylation is 1. The maximum atomic E-state index is 16.1. The lowest BCUT2D eigenvalue weighted by Gasteiger charge is -2.45. The third-order valence-electron chi connectivity index (χ3n) is 10.2. The van der Waals surface area contributed by atoms with E-state index < -0.39 is 52.3 Å². The van der Waals surface area contributed by atoms with Gasteiger partial charge in [-0.2, -0.15) is 13.2 Å². The van der Waals surface area contributed by atoms with Crippen LogP contribution in [0.4, 0.5) is 22.0 Å². The molecule has 5 rings (SSSR count). The van der Waals surface area contributed by atoms with Gasteiger partial charge in [0.15, 0.2) is 5.67 Å². The normalized spacial score (nSPS) is 29.1. The SMILES string of the molecule is CC(C)c1ccc(CC23CCN(C(=O)[C@]4(F)CC[C@@H](C(=O)O)CC4)C2CCc2cc(C(C)(F)C(F)(F)F)ccc23)cc1. The van der Waals surface area contributed by atoms with Crippen molar-refractivity contribution < 1.29 is 36.6 Å². The predicted molar refractivity (Wildman–Crippen MR) is 149 cm³/mol. The van der Waals surface area contributed by atoms with E-state index >= 15 is 4.39 Å². The summed E-state index contributed by atoms with van der Waals surface area (Å²) in [5.41, 5.74) is -3.21. The van der Waals surface area contributed by atoms with Crippen LogP contribution in [0.5, 0.6) is 0 Å². The van der Waals surface area contributed by atoms with E-state index in [0.717, 1.165) is 16.7 Å². The molecule has 1 amide bonds. The van der Waals surface area contributed by atoms with Crippen molar-refractivity contribution in [1.82, 2.24) is 4.90 Å². The van der Waals surface area contributed by atoms with Crippen LogP contribution in [0.3, 0.4) is 0 Å². The van der Waals surface area contributed by atoms with E-state index in [1.807, 2.05) is 24.3 Å². The Kier molecular flexibility index (Phi) is 7.72. The van der Waals surface area contributed by atoms with Gasteiger partial charge in [-0.3, -0.25) is 9.59 Å². The summed E-state index contributed by atoms with van der Waals surface area (Å²) < 4.78 is 71.8. The summed E-state index contributed by atoms with van der Waals surface area (Å²) in [5.74, 6) is -1.94. The fraction of sp³-hybridized carbons (Fsp3) is 0.576. The summed E-state index contributed by atoms with van der Waals surface area (Å²) in [6.07, 6.45) is -3.45. The number of carboxylic acids is 1. The number of halogens is 5. The van der Waals surface area contributed by atoms with Gasteiger partial charge < -0.3 is 10.0 Å². The van der Waals surface area contributed by atoms with Crippen molar-refractivity contribution in [2.24, 2.45) is 5.92 Å². The lowest BCUT2D eigenvalue weighted by Crippen LogP contribution is -2.55. The number of amides is 1. The summed E-state index contributed by atoms with van der Waals surface area (Å²) in [4.78, 5) is 26.8. The number of aliphatic carboxylic acids is 1. The number of hydrogen-bond acceptors (Lipinski definition) is 2. The van der Waals surface area contributed by atoms with E-state index in [1.54, 1.807) is 11.0 Å². The zero-order valence-corrected chi connectivity index (χ0v) is 24.2. The van der Waals surface area contributed by atoms with Crippen LogP contribution in [0.2, 0.25) is 0 Å². The molecule has 3 unspecified atom stereocenters. The molecule has 3 atom stereocenters. The molecule has 228 valence electrons. The molecule has 3 aliphatic rings. The molecule has 9 heteroatoms. The molecule has 2 aromatic rings. The second-order valence-corrected chi connectivity index (χ2v) is 13.0. The van der Waals surface area contributed by atoms with Crippen LogP contribution >= 0.6 is 0 Å². The van der Waals surface area contributed by atoms with E-state index in [-0.39, 0.29) is 32.2 Å². The maximum absolute atomic E-state index is 16.1. The van der Waals surface area contributed by atoms with Gasteiger partial charge in [-0.05, 0) is 92.0 Å². The van der Waals surface area contributed by atoms with E-state index in [0.29, 0.717) is 44.1 Å². The molecule has 1 heterocycles. The summed E-state index contributed by atoms with van der Waals surface area (Å²) in [5, 5.41) is 9.34. The Morgan fingerprint density at radius 1 is 1.00 bits per heavy atom. The molecule has 2 aliphatic carbocycles. The van der Waals surface area contributed by atoms with Gasteiger partial charge in [-0.15, -0.1) is 0 Å². The number of carbonyl (C=O) groups excluding carboxylic acids is 1. The average molecular weight is 592 g/mol. The average Bonchev–Trinajstić information content (AvgIpc) is 3.31. The van der Waals surface area contributed by atoms with Crippen molar-refractivity contribution in [3.05, 3.63) is 70.3 Å². The molecule has 1 saturated carbocycles. The number of likely N-dealkylation sites (tertiary alicyclic amines) is 1. The minimum atomic E-state index is -5.07. The van der Waals surface area contributed by atoms with Crippen LogP contribution in [0, 0.1) is 5.92 Å². The molecule has 0 bridgehead atoms. The molecule has 2 fully saturated rings. The van der Waals surface area contributed by atoms with Crippen molar-refractivity contribution in [2.45, 2.75) is 107 Å². The zero-order valence-electron chi connectivity index (χ0n) is 24.2. The standard InChI is InChI=1S/C33H38F5NO3/c1-20(2)22-6-4-21(5-7-22)19-31-16-17-39(29(42)32(35)14-12-23(13-15-32)28(40)41)27(31)11-8-24-18-25(9-10-26(24)31)30(3,34)33(36,37)38/h4-7,9-10,18,20,23,27H,8,11-17,19H2,1-3H3,(H,40,41)/t23-,27?,30?,31?,32+. The molecule has 1 aliphatic heterocycles. The first-order valence-corrected chi connectivity index (χ1v) is 14.8. The number of hydrogen-bond donors (Lipinski definition) is 1. The van der Waals surface area contributed by atoms with Crippen LogP contribution < -0.4 is 0 Å². The highest BCUT2D eigenvalue weighted by atomic mass is 19.4. The van der Waals surface area contributed by atoms with E-state index in [9.17, 15) is 32.3 Å². The number of rotatable bonds is 6. The fourth-order valence-corrected chi connectivity index (χ4v) is 7.44. The summed E-state index contributed by atoms with van der Waals surface area (Å²) >= 11 is 0. The molecule has 1 N–H and O–H groups in total. The van der Waals surface area contributed by atoms with Crippen LogP contribution in [0.25, 0.3) is 0 Å². The lowest BCUT2D eigenvalue weighted by molar-refractivity contribution is -0.228. The Morgan fingerprint density at radius 2 is 1.64 bits per heavy atom. The number of benzene rings is 2. The van der Waals surface area contributed by atoms with Crippen LogP contribution in [0.1, 0.15) is 93.0 Å². The van der Waals surface area contributed by atoms with Crippen LogP contribution in [-0.2, 0) is 33.5 Å². The predicted octanol–water partition coefficient (Wildman–Crippen LogP) is 7.57. The Hall–Kier alpha value is -2.97. The van der Waals surface area contributed by atoms with E-state index in [2.05, 4.69) is 13.8 Å². The van der Waals surface area contributed by atoms with Crippen molar-refractivity contribution in [3.8, 4) is 0 Å². The molecule has 42 heavy (non-hydrogen) atoms. The second kappa shape index (κ2) is 10.6. The summed E-state index contributed by atoms with van der Waals surface area (Å²) in [6, 6.07) is 11.9. The summed E-state index contributed by atoms with van der Waals surface area (Å²) in [7, 11) is 0. The van der Waals surface area contributed by atoms with Gasteiger partial charge in [0, 0.05) is 18.0 Å². The van der Waals surface area contributed by atoms with Gasteiger partial charge >= 0.3 is 12.1 Å². The largest absolute Gasteiger partial charge is 0.481 e. The van der Waals surface area contributed by atoms with Crippen molar-refractivity contribution in [1.29, 1.82) is 0 Å². The van der Waals surface area contributed by atoms with Gasteiger partial charge in [0.1, 0.15) is 0 Å². The van der Waals surface area contributed by atoms with Gasteiger partial charge in [0.25, 0.3) is 5.91 Å². The Balaban J connectivity index is 1.52.